The monoisotopic (exact) mass is 312 g/mol. The zero-order chi connectivity index (χ0) is 15.7. The van der Waals surface area contributed by atoms with E-state index in [2.05, 4.69) is 4.36 Å². The van der Waals surface area contributed by atoms with E-state index < -0.39 is 28.5 Å². The molecule has 0 saturated carbocycles. The fraction of sp³-hybridized carbons (Fsp3) is 0.429. The first-order valence-corrected chi connectivity index (χ1v) is 7.81. The van der Waals surface area contributed by atoms with Gasteiger partial charge in [-0.05, 0) is 18.4 Å². The van der Waals surface area contributed by atoms with Crippen LogP contribution in [0.1, 0.15) is 18.4 Å². The molecule has 1 aromatic carbocycles. The number of carboxylic acid groups (broad SMARTS) is 2. The molecule has 0 amide bonds. The predicted octanol–water partition coefficient (Wildman–Crippen LogP) is 1.94. The maximum atomic E-state index is 11.7. The molecule has 0 heterocycles. The van der Waals surface area contributed by atoms with Crippen molar-refractivity contribution in [3.8, 4) is 0 Å². The largest absolute Gasteiger partial charge is 0.481 e. The first-order valence-electron chi connectivity index (χ1n) is 6.53. The molecule has 1 aromatic rings. The third kappa shape index (κ3) is 7.45. The Hall–Kier alpha value is -1.89. The second-order valence-electron chi connectivity index (χ2n) is 4.54. The Labute approximate surface area is 125 Å². The maximum Gasteiger partial charge on any atom is 0.308 e. The van der Waals surface area contributed by atoms with Crippen molar-refractivity contribution >= 4 is 22.5 Å². The van der Waals surface area contributed by atoms with Crippen molar-refractivity contribution in [1.29, 1.82) is 0 Å². The van der Waals surface area contributed by atoms with Crippen LogP contribution in [0.5, 0.6) is 0 Å². The topological polar surface area (TPSA) is 104 Å². The van der Waals surface area contributed by atoms with E-state index in [0.717, 1.165) is 5.56 Å². The fourth-order valence-corrected chi connectivity index (χ4v) is 2.56. The van der Waals surface area contributed by atoms with Gasteiger partial charge in [0.25, 0.3) is 0 Å². The minimum absolute atomic E-state index is 0.00987. The molecule has 116 valence electrons. The summed E-state index contributed by atoms with van der Waals surface area (Å²) in [6.07, 6.45) is 0.358. The van der Waals surface area contributed by atoms with Gasteiger partial charge in [-0.1, -0.05) is 36.1 Å². The zero-order valence-electron chi connectivity index (χ0n) is 11.5. The molecule has 2 N–H and O–H groups in total. The highest BCUT2D eigenvalue weighted by Crippen LogP contribution is 2.08. The number of hydrogen-bond donors (Lipinski definition) is 2. The van der Waals surface area contributed by atoms with Crippen LogP contribution in [-0.4, -0.2) is 34.4 Å². The van der Waals surface area contributed by atoms with Crippen LogP contribution in [0.15, 0.2) is 34.7 Å². The molecule has 0 bridgehead atoms. The van der Waals surface area contributed by atoms with Gasteiger partial charge in [0.15, 0.2) is 0 Å². The van der Waals surface area contributed by atoms with Crippen molar-refractivity contribution in [1.82, 2.24) is 0 Å². The molecule has 1 rings (SSSR count). The van der Waals surface area contributed by atoms with Crippen molar-refractivity contribution in [3.05, 3.63) is 35.9 Å². The third-order valence-electron chi connectivity index (χ3n) is 2.90. The predicted molar refractivity (Wildman–Crippen MR) is 78.4 cm³/mol. The van der Waals surface area contributed by atoms with E-state index in [4.69, 9.17) is 10.2 Å². The quantitative estimate of drug-likeness (QED) is 0.678. The Morgan fingerprint density at radius 1 is 1.19 bits per heavy atom. The van der Waals surface area contributed by atoms with E-state index in [9.17, 15) is 13.8 Å². The molecule has 21 heavy (non-hydrogen) atoms. The summed E-state index contributed by atoms with van der Waals surface area (Å²) in [5.41, 5.74) is 1.04. The van der Waals surface area contributed by atoms with E-state index >= 15 is 0 Å². The van der Waals surface area contributed by atoms with E-state index in [1.807, 2.05) is 30.3 Å². The highest BCUT2D eigenvalue weighted by Gasteiger charge is 2.16. The second-order valence-corrected chi connectivity index (χ2v) is 5.85. The average Bonchev–Trinajstić information content (AvgIpc) is 2.45. The molecule has 0 spiro atoms. The van der Waals surface area contributed by atoms with Crippen LogP contribution in [0, 0.1) is 5.92 Å². The van der Waals surface area contributed by atoms with Crippen LogP contribution in [0.25, 0.3) is 0 Å². The summed E-state index contributed by atoms with van der Waals surface area (Å²) in [7, 11) is -1.46. The van der Waals surface area contributed by atoms with E-state index in [1.165, 1.54) is 0 Å². The first-order chi connectivity index (χ1) is 9.99. The number of rotatable bonds is 9. The summed E-state index contributed by atoms with van der Waals surface area (Å²) in [5, 5.41) is 17.5. The molecule has 0 saturated heterocycles. The molecule has 1 atom stereocenters. The number of carboxylic acids is 2. The highest BCUT2D eigenvalue weighted by atomic mass is 32.2. The smallest absolute Gasteiger partial charge is 0.308 e. The standard InChI is InChI=1S/C14H18NO5S/c16-13(17)7-6-12(14(18)19)10-15-21(20)9-8-11-4-2-1-3-5-11/h1-5,12H,6-10H2,(H,16,17)(H,18,19)/q-1. The Morgan fingerprint density at radius 2 is 1.86 bits per heavy atom. The number of aliphatic carboxylic acids is 2. The van der Waals surface area contributed by atoms with Crippen LogP contribution >= 0.6 is 0 Å². The number of hydrogen-bond acceptors (Lipinski definition) is 5. The lowest BCUT2D eigenvalue weighted by molar-refractivity contribution is -0.142. The SMILES string of the molecule is O=C(O)CCC(CN=[S-](=O)CCc1ccccc1)C(=O)O. The van der Waals surface area contributed by atoms with Gasteiger partial charge in [0.2, 0.25) is 0 Å². The molecule has 7 heteroatoms. The van der Waals surface area contributed by atoms with Gasteiger partial charge in [0.05, 0.1) is 5.92 Å². The van der Waals surface area contributed by atoms with Gasteiger partial charge in [-0.15, -0.1) is 0 Å². The van der Waals surface area contributed by atoms with E-state index in [1.54, 1.807) is 0 Å². The second kappa shape index (κ2) is 9.12. The normalized spacial score (nSPS) is 13.7. The lowest BCUT2D eigenvalue weighted by atomic mass is 10.0. The summed E-state index contributed by atoms with van der Waals surface area (Å²) >= 11 is 0. The average molecular weight is 312 g/mol. The van der Waals surface area contributed by atoms with Gasteiger partial charge < -0.3 is 18.8 Å². The van der Waals surface area contributed by atoms with Crippen molar-refractivity contribution in [2.75, 3.05) is 12.3 Å². The Kier molecular flexibility index (Phi) is 7.45. The van der Waals surface area contributed by atoms with Gasteiger partial charge in [-0.2, -0.15) is 10.6 Å². The number of carbonyl (C=O) groups is 2. The molecule has 0 aromatic heterocycles. The number of aryl methyl sites for hydroxylation is 1. The van der Waals surface area contributed by atoms with Crippen molar-refractivity contribution < 1.29 is 24.0 Å². The van der Waals surface area contributed by atoms with Crippen LogP contribution in [-0.2, 0) is 30.8 Å². The Bertz CT molecular complexity index is 552. The van der Waals surface area contributed by atoms with Crippen molar-refractivity contribution in [2.24, 2.45) is 10.3 Å². The summed E-state index contributed by atoms with van der Waals surface area (Å²) in [4.78, 5) is 21.4. The zero-order valence-corrected chi connectivity index (χ0v) is 12.3. The van der Waals surface area contributed by atoms with E-state index in [-0.39, 0.29) is 19.4 Å². The first kappa shape index (κ1) is 17.2. The summed E-state index contributed by atoms with van der Waals surface area (Å²) in [5.74, 6) is -2.73. The molecular weight excluding hydrogens is 294 g/mol. The minimum atomic E-state index is -1.46. The molecule has 0 aliphatic heterocycles. The Morgan fingerprint density at radius 3 is 2.43 bits per heavy atom. The van der Waals surface area contributed by atoms with Crippen LogP contribution < -0.4 is 0 Å². The third-order valence-corrected chi connectivity index (χ3v) is 3.89. The van der Waals surface area contributed by atoms with Crippen LogP contribution in [0.2, 0.25) is 0 Å². The molecular formula is C14H18NO5S-. The van der Waals surface area contributed by atoms with Crippen LogP contribution in [0.3, 0.4) is 0 Å². The minimum Gasteiger partial charge on any atom is -0.481 e. The number of nitrogens with zero attached hydrogens (tertiary/aromatic N) is 1. The van der Waals surface area contributed by atoms with E-state index in [0.29, 0.717) is 12.2 Å². The molecule has 6 nitrogen and oxygen atoms in total. The van der Waals surface area contributed by atoms with Gasteiger partial charge >= 0.3 is 11.9 Å². The van der Waals surface area contributed by atoms with Gasteiger partial charge in [0.1, 0.15) is 0 Å². The van der Waals surface area contributed by atoms with Crippen molar-refractivity contribution in [2.45, 2.75) is 19.3 Å². The lowest BCUT2D eigenvalue weighted by Gasteiger charge is -2.11. The maximum absolute atomic E-state index is 11.7. The van der Waals surface area contributed by atoms with Gasteiger partial charge in [-0.3, -0.25) is 9.59 Å². The lowest BCUT2D eigenvalue weighted by Crippen LogP contribution is -2.18. The summed E-state index contributed by atoms with van der Waals surface area (Å²) < 4.78 is 15.6. The summed E-state index contributed by atoms with van der Waals surface area (Å²) in [6, 6.07) is 9.52. The van der Waals surface area contributed by atoms with Crippen molar-refractivity contribution in [3.63, 3.8) is 0 Å². The molecule has 0 fully saturated rings. The molecule has 1 unspecified atom stereocenters. The van der Waals surface area contributed by atoms with Gasteiger partial charge in [-0.25, -0.2) is 0 Å². The summed E-state index contributed by atoms with van der Waals surface area (Å²) in [6.45, 7) is -0.121. The molecule has 0 radical (unpaired) electrons. The fourth-order valence-electron chi connectivity index (χ4n) is 1.68. The molecule has 0 aliphatic carbocycles. The number of benzene rings is 1. The van der Waals surface area contributed by atoms with Crippen LogP contribution in [0.4, 0.5) is 0 Å². The highest BCUT2D eigenvalue weighted by molar-refractivity contribution is 7.74. The van der Waals surface area contributed by atoms with Gasteiger partial charge in [0, 0.05) is 13.0 Å². The Balaban J connectivity index is 2.46. The molecule has 0 aliphatic rings.